The maximum Gasteiger partial charge on any atom is 0.271 e. The first-order chi connectivity index (χ1) is 11.1. The summed E-state index contributed by atoms with van der Waals surface area (Å²) in [5.74, 6) is 0.720. The van der Waals surface area contributed by atoms with Gasteiger partial charge in [0, 0.05) is 24.7 Å². The van der Waals surface area contributed by atoms with Crippen molar-refractivity contribution in [3.8, 4) is 0 Å². The van der Waals surface area contributed by atoms with E-state index in [-0.39, 0.29) is 5.69 Å². The van der Waals surface area contributed by atoms with Gasteiger partial charge in [0.25, 0.3) is 5.69 Å². The van der Waals surface area contributed by atoms with Crippen LogP contribution >= 0.6 is 23.8 Å². The van der Waals surface area contributed by atoms with Crippen molar-refractivity contribution in [2.75, 3.05) is 11.9 Å². The molecule has 0 aromatic heterocycles. The summed E-state index contributed by atoms with van der Waals surface area (Å²) in [5.41, 5.74) is 0.512. The Morgan fingerprint density at radius 1 is 1.30 bits per heavy atom. The summed E-state index contributed by atoms with van der Waals surface area (Å²) in [6, 6.07) is 4.87. The minimum Gasteiger partial charge on any atom is -0.346 e. The average Bonchev–Trinajstić information content (AvgIpc) is 2.56. The smallest absolute Gasteiger partial charge is 0.271 e. The lowest BCUT2D eigenvalue weighted by Crippen LogP contribution is -2.51. The minimum absolute atomic E-state index is 0.00823. The number of halogens is 1. The number of fused-ring (bicyclic) bond motifs is 1. The molecule has 2 atom stereocenters. The normalized spacial score (nSPS) is 24.0. The molecule has 1 saturated heterocycles. The Balaban J connectivity index is 1.75. The molecule has 2 fully saturated rings. The van der Waals surface area contributed by atoms with E-state index in [2.05, 4.69) is 10.2 Å². The maximum absolute atomic E-state index is 10.9. The molecule has 2 aliphatic rings. The van der Waals surface area contributed by atoms with Crippen molar-refractivity contribution in [2.45, 2.75) is 44.6 Å². The number of nitrogens with one attached hydrogen (secondary N) is 1. The molecule has 0 spiro atoms. The molecule has 1 aliphatic heterocycles. The van der Waals surface area contributed by atoms with Crippen LogP contribution in [0.15, 0.2) is 18.2 Å². The van der Waals surface area contributed by atoms with Crippen LogP contribution in [0.3, 0.4) is 0 Å². The number of hydrogen-bond donors (Lipinski definition) is 1. The molecular formula is C16H20ClN3O2S. The van der Waals surface area contributed by atoms with Crippen molar-refractivity contribution in [2.24, 2.45) is 5.92 Å². The Hall–Kier alpha value is -1.40. The fourth-order valence-electron chi connectivity index (χ4n) is 3.79. The van der Waals surface area contributed by atoms with Crippen LogP contribution in [-0.4, -0.2) is 27.5 Å². The van der Waals surface area contributed by atoms with Crippen molar-refractivity contribution in [1.29, 1.82) is 0 Å². The third kappa shape index (κ3) is 3.58. The van der Waals surface area contributed by atoms with Crippen molar-refractivity contribution in [3.05, 3.63) is 33.3 Å². The largest absolute Gasteiger partial charge is 0.346 e. The van der Waals surface area contributed by atoms with Gasteiger partial charge in [-0.15, -0.1) is 0 Å². The lowest BCUT2D eigenvalue weighted by molar-refractivity contribution is -0.384. The summed E-state index contributed by atoms with van der Waals surface area (Å²) in [7, 11) is 0. The van der Waals surface area contributed by atoms with Crippen LogP contribution < -0.4 is 5.32 Å². The Bertz CT molecular complexity index is 623. The topological polar surface area (TPSA) is 58.4 Å². The molecule has 3 rings (SSSR count). The van der Waals surface area contributed by atoms with Crippen LogP contribution in [0, 0.1) is 16.0 Å². The summed E-state index contributed by atoms with van der Waals surface area (Å²) in [5, 5.41) is 15.1. The number of rotatable bonds is 2. The highest BCUT2D eigenvalue weighted by Crippen LogP contribution is 2.36. The third-order valence-electron chi connectivity index (χ3n) is 4.91. The molecule has 5 nitrogen and oxygen atoms in total. The van der Waals surface area contributed by atoms with E-state index in [0.29, 0.717) is 21.9 Å². The summed E-state index contributed by atoms with van der Waals surface area (Å²) in [4.78, 5) is 12.8. The molecule has 23 heavy (non-hydrogen) atoms. The van der Waals surface area contributed by atoms with E-state index in [1.165, 1.54) is 50.3 Å². The van der Waals surface area contributed by atoms with Gasteiger partial charge in [-0.05, 0) is 49.9 Å². The lowest BCUT2D eigenvalue weighted by atomic mass is 9.78. The second-order valence-electron chi connectivity index (χ2n) is 6.30. The number of nitro benzene ring substituents is 1. The zero-order valence-corrected chi connectivity index (χ0v) is 14.4. The molecular weight excluding hydrogens is 334 g/mol. The van der Waals surface area contributed by atoms with Crippen LogP contribution in [0.2, 0.25) is 5.02 Å². The standard InChI is InChI=1S/C16H20ClN3O2S/c17-13-8-7-12(20(21)22)10-14(13)18-16(23)19-9-3-5-11-4-1-2-6-15(11)19/h7-8,10-11,15H,1-6,9H2,(H,18,23)/t11-,15-/m1/s1. The zero-order valence-electron chi connectivity index (χ0n) is 12.8. The SMILES string of the molecule is O=[N+]([O-])c1ccc(Cl)c(NC(=S)N2CCC[C@H]3CCCC[C@H]32)c1. The second-order valence-corrected chi connectivity index (χ2v) is 7.09. The van der Waals surface area contributed by atoms with Crippen LogP contribution in [0.5, 0.6) is 0 Å². The van der Waals surface area contributed by atoms with Gasteiger partial charge in [-0.25, -0.2) is 0 Å². The molecule has 0 bridgehead atoms. The monoisotopic (exact) mass is 353 g/mol. The summed E-state index contributed by atoms with van der Waals surface area (Å²) >= 11 is 11.7. The molecule has 1 aromatic carbocycles. The highest BCUT2D eigenvalue weighted by Gasteiger charge is 2.34. The average molecular weight is 354 g/mol. The number of non-ortho nitro benzene ring substituents is 1. The Morgan fingerprint density at radius 3 is 2.83 bits per heavy atom. The number of likely N-dealkylation sites (tertiary alicyclic amines) is 1. The summed E-state index contributed by atoms with van der Waals surface area (Å²) in [6.45, 7) is 0.944. The number of nitro groups is 1. The van der Waals surface area contributed by atoms with E-state index in [1.807, 2.05) is 0 Å². The summed E-state index contributed by atoms with van der Waals surface area (Å²) < 4.78 is 0. The third-order valence-corrected chi connectivity index (χ3v) is 5.57. The van der Waals surface area contributed by atoms with Crippen LogP contribution in [-0.2, 0) is 0 Å². The molecule has 0 amide bonds. The number of anilines is 1. The van der Waals surface area contributed by atoms with E-state index in [4.69, 9.17) is 23.8 Å². The number of hydrogen-bond acceptors (Lipinski definition) is 3. The molecule has 1 aliphatic carbocycles. The molecule has 0 radical (unpaired) electrons. The van der Waals surface area contributed by atoms with Crippen LogP contribution in [0.4, 0.5) is 11.4 Å². The Kier molecular flexibility index (Phi) is 5.02. The van der Waals surface area contributed by atoms with Crippen molar-refractivity contribution < 1.29 is 4.92 Å². The first-order valence-corrected chi connectivity index (χ1v) is 8.86. The quantitative estimate of drug-likeness (QED) is 0.478. The van der Waals surface area contributed by atoms with Gasteiger partial charge < -0.3 is 10.2 Å². The zero-order chi connectivity index (χ0) is 16.4. The predicted molar refractivity (Wildman–Crippen MR) is 96.0 cm³/mol. The summed E-state index contributed by atoms with van der Waals surface area (Å²) in [6.07, 6.45) is 7.44. The molecule has 1 N–H and O–H groups in total. The van der Waals surface area contributed by atoms with Gasteiger partial charge in [-0.1, -0.05) is 24.4 Å². The Labute approximate surface area is 146 Å². The van der Waals surface area contributed by atoms with Crippen LogP contribution in [0.1, 0.15) is 38.5 Å². The molecule has 1 aromatic rings. The highest BCUT2D eigenvalue weighted by atomic mass is 35.5. The fourth-order valence-corrected chi connectivity index (χ4v) is 4.29. The van der Waals surface area contributed by atoms with Gasteiger partial charge in [0.1, 0.15) is 0 Å². The van der Waals surface area contributed by atoms with Gasteiger partial charge >= 0.3 is 0 Å². The molecule has 1 saturated carbocycles. The Morgan fingerprint density at radius 2 is 2.04 bits per heavy atom. The van der Waals surface area contributed by atoms with E-state index in [0.717, 1.165) is 18.9 Å². The first kappa shape index (κ1) is 16.5. The fraction of sp³-hybridized carbons (Fsp3) is 0.562. The number of piperidine rings is 1. The number of nitrogens with zero attached hydrogens (tertiary/aromatic N) is 2. The van der Waals surface area contributed by atoms with Gasteiger partial charge in [-0.3, -0.25) is 10.1 Å². The van der Waals surface area contributed by atoms with Crippen molar-refractivity contribution >= 4 is 40.3 Å². The predicted octanol–water partition coefficient (Wildman–Crippen LogP) is 4.60. The highest BCUT2D eigenvalue weighted by molar-refractivity contribution is 7.80. The van der Waals surface area contributed by atoms with Gasteiger partial charge in [0.2, 0.25) is 0 Å². The van der Waals surface area contributed by atoms with Gasteiger partial charge in [0.05, 0.1) is 15.6 Å². The number of benzene rings is 1. The number of thiocarbonyl (C=S) groups is 1. The first-order valence-electron chi connectivity index (χ1n) is 8.08. The molecule has 1 heterocycles. The molecule has 0 unspecified atom stereocenters. The van der Waals surface area contributed by atoms with E-state index in [1.54, 1.807) is 0 Å². The molecule has 124 valence electrons. The van der Waals surface area contributed by atoms with Crippen molar-refractivity contribution in [1.82, 2.24) is 4.90 Å². The van der Waals surface area contributed by atoms with E-state index >= 15 is 0 Å². The van der Waals surface area contributed by atoms with Crippen LogP contribution in [0.25, 0.3) is 0 Å². The van der Waals surface area contributed by atoms with Gasteiger partial charge in [-0.2, -0.15) is 0 Å². The lowest BCUT2D eigenvalue weighted by Gasteiger charge is -2.45. The van der Waals surface area contributed by atoms with Gasteiger partial charge in [0.15, 0.2) is 5.11 Å². The second kappa shape index (κ2) is 7.01. The minimum atomic E-state index is -0.428. The van der Waals surface area contributed by atoms with Crippen molar-refractivity contribution in [3.63, 3.8) is 0 Å². The maximum atomic E-state index is 10.9. The van der Waals surface area contributed by atoms with E-state index in [9.17, 15) is 10.1 Å². The molecule has 7 heteroatoms. The van der Waals surface area contributed by atoms with E-state index < -0.39 is 4.92 Å².